The van der Waals surface area contributed by atoms with E-state index in [0.717, 1.165) is 5.69 Å². The Bertz CT molecular complexity index is 1000. The number of aromatic nitrogens is 3. The van der Waals surface area contributed by atoms with E-state index >= 15 is 0 Å². The number of anilines is 1. The Labute approximate surface area is 180 Å². The van der Waals surface area contributed by atoms with Crippen LogP contribution in [0, 0.1) is 5.92 Å². The first-order valence-corrected chi connectivity index (χ1v) is 10.3. The summed E-state index contributed by atoms with van der Waals surface area (Å²) in [6, 6.07) is 5.71. The lowest BCUT2D eigenvalue weighted by atomic mass is 10.1. The van der Waals surface area contributed by atoms with Crippen molar-refractivity contribution in [3.05, 3.63) is 87.5 Å². The first-order chi connectivity index (χ1) is 14.5. The zero-order valence-electron chi connectivity index (χ0n) is 16.8. The van der Waals surface area contributed by atoms with Gasteiger partial charge in [0.1, 0.15) is 11.0 Å². The van der Waals surface area contributed by atoms with E-state index in [2.05, 4.69) is 20.6 Å². The fraction of sp³-hybridized carbons (Fsp3) is 0.318. The summed E-state index contributed by atoms with van der Waals surface area (Å²) in [7, 11) is 0. The molecule has 0 radical (unpaired) electrons. The quantitative estimate of drug-likeness (QED) is 0.597. The van der Waals surface area contributed by atoms with Crippen molar-refractivity contribution < 1.29 is 4.39 Å². The summed E-state index contributed by atoms with van der Waals surface area (Å²) in [6.45, 7) is 3.64. The van der Waals surface area contributed by atoms with Crippen LogP contribution in [0.3, 0.4) is 0 Å². The minimum atomic E-state index is -0.290. The van der Waals surface area contributed by atoms with Gasteiger partial charge >= 0.3 is 0 Å². The first-order valence-electron chi connectivity index (χ1n) is 9.89. The van der Waals surface area contributed by atoms with Crippen LogP contribution < -0.4 is 16.2 Å². The van der Waals surface area contributed by atoms with Crippen molar-refractivity contribution in [1.82, 2.24) is 19.9 Å². The van der Waals surface area contributed by atoms with Gasteiger partial charge in [-0.15, -0.1) is 0 Å². The second-order valence-electron chi connectivity index (χ2n) is 7.01. The van der Waals surface area contributed by atoms with Gasteiger partial charge in [-0.05, 0) is 24.1 Å². The minimum absolute atomic E-state index is 0.0662. The van der Waals surface area contributed by atoms with Gasteiger partial charge in [-0.2, -0.15) is 0 Å². The lowest BCUT2D eigenvalue weighted by Gasteiger charge is -2.12. The molecule has 30 heavy (non-hydrogen) atoms. The van der Waals surface area contributed by atoms with Gasteiger partial charge in [0.05, 0.1) is 6.20 Å². The predicted octanol–water partition coefficient (Wildman–Crippen LogP) is 3.52. The zero-order valence-corrected chi connectivity index (χ0v) is 17.6. The van der Waals surface area contributed by atoms with Gasteiger partial charge in [-0.1, -0.05) is 42.8 Å². The summed E-state index contributed by atoms with van der Waals surface area (Å²) in [5, 5.41) is 6.47. The fourth-order valence-corrected chi connectivity index (χ4v) is 3.24. The van der Waals surface area contributed by atoms with Crippen LogP contribution >= 0.6 is 11.6 Å². The smallest absolute Gasteiger partial charge is 0.294 e. The number of pyridine rings is 1. The molecule has 1 aliphatic rings. The van der Waals surface area contributed by atoms with Gasteiger partial charge in [0.15, 0.2) is 5.82 Å². The number of rotatable bonds is 9. The molecule has 2 aromatic rings. The van der Waals surface area contributed by atoms with Gasteiger partial charge in [0.25, 0.3) is 5.56 Å². The molecule has 1 atom stereocenters. The zero-order chi connectivity index (χ0) is 21.3. The van der Waals surface area contributed by atoms with Crippen LogP contribution in [-0.4, -0.2) is 34.2 Å². The molecule has 2 N–H and O–H groups in total. The van der Waals surface area contributed by atoms with Crippen LogP contribution in [0.1, 0.15) is 12.6 Å². The molecule has 0 unspecified atom stereocenters. The fourth-order valence-electron chi connectivity index (χ4n) is 3.03. The Balaban J connectivity index is 1.54. The molecule has 2 heterocycles. The van der Waals surface area contributed by atoms with Gasteiger partial charge in [-0.25, -0.2) is 9.37 Å². The summed E-state index contributed by atoms with van der Waals surface area (Å²) in [6.07, 6.45) is 11.0. The van der Waals surface area contributed by atoms with Crippen molar-refractivity contribution in [2.75, 3.05) is 25.0 Å². The summed E-state index contributed by atoms with van der Waals surface area (Å²) in [5.74, 6) is 0.0879. The minimum Gasteiger partial charge on any atom is -0.365 e. The molecule has 158 valence electrons. The molecule has 8 heteroatoms. The second kappa shape index (κ2) is 10.8. The average molecular weight is 430 g/mol. The number of hydrogen-bond acceptors (Lipinski definition) is 5. The summed E-state index contributed by atoms with van der Waals surface area (Å²) < 4.78 is 15.6. The molecule has 0 aliphatic heterocycles. The monoisotopic (exact) mass is 429 g/mol. The second-order valence-corrected chi connectivity index (χ2v) is 7.40. The number of halogens is 2. The molecular weight excluding hydrogens is 405 g/mol. The maximum atomic E-state index is 14.1. The highest BCUT2D eigenvalue weighted by Gasteiger charge is 2.10. The van der Waals surface area contributed by atoms with E-state index in [0.29, 0.717) is 38.2 Å². The number of nitrogens with zero attached hydrogens (tertiary/aromatic N) is 3. The Morgan fingerprint density at radius 2 is 2.13 bits per heavy atom. The van der Waals surface area contributed by atoms with E-state index < -0.39 is 0 Å². The molecule has 0 amide bonds. The molecule has 0 aromatic carbocycles. The topological polar surface area (TPSA) is 71.8 Å². The molecule has 3 rings (SSSR count). The molecule has 0 saturated heterocycles. The lowest BCUT2D eigenvalue weighted by Crippen LogP contribution is -2.31. The van der Waals surface area contributed by atoms with Crippen LogP contribution in [0.25, 0.3) is 0 Å². The standard InChI is InChI=1S/C22H25ClFN5O/c1-16-5-4-6-17(19(24)13-16)14-25-11-12-29-20(23)15-28-21(22(29)30)27-10-8-18-7-2-3-9-26-18/h2-7,9,13,15-16,25H,8,10-12,14H2,1H3,(H,27,28)/t16-/m0/s1. The van der Waals surface area contributed by atoms with Gasteiger partial charge in [-0.3, -0.25) is 14.3 Å². The van der Waals surface area contributed by atoms with Crippen LogP contribution in [0.2, 0.25) is 5.15 Å². The molecule has 2 aromatic heterocycles. The molecule has 6 nitrogen and oxygen atoms in total. The third-order valence-electron chi connectivity index (χ3n) is 4.66. The predicted molar refractivity (Wildman–Crippen MR) is 118 cm³/mol. The molecule has 0 spiro atoms. The van der Waals surface area contributed by atoms with Crippen molar-refractivity contribution in [3.63, 3.8) is 0 Å². The Hall–Kier alpha value is -2.77. The largest absolute Gasteiger partial charge is 0.365 e. The van der Waals surface area contributed by atoms with E-state index in [1.54, 1.807) is 18.3 Å². The Morgan fingerprint density at radius 3 is 2.93 bits per heavy atom. The first kappa shape index (κ1) is 21.9. The van der Waals surface area contributed by atoms with Crippen LogP contribution in [0.4, 0.5) is 10.2 Å². The van der Waals surface area contributed by atoms with Crippen LogP contribution in [-0.2, 0) is 13.0 Å². The van der Waals surface area contributed by atoms with E-state index in [1.165, 1.54) is 10.8 Å². The van der Waals surface area contributed by atoms with Crippen molar-refractivity contribution >= 4 is 17.4 Å². The van der Waals surface area contributed by atoms with Crippen LogP contribution in [0.5, 0.6) is 0 Å². The summed E-state index contributed by atoms with van der Waals surface area (Å²) in [4.78, 5) is 21.0. The third-order valence-corrected chi connectivity index (χ3v) is 4.96. The molecular formula is C22H25ClFN5O. The van der Waals surface area contributed by atoms with Crippen molar-refractivity contribution in [1.29, 1.82) is 0 Å². The van der Waals surface area contributed by atoms with Gasteiger partial charge in [0, 0.05) is 50.1 Å². The third kappa shape index (κ3) is 6.11. The SMILES string of the molecule is C[C@H]1C=CC=C(CNCCn2c(Cl)cnc(NCCc3ccccn3)c2=O)C(F)=C1. The molecule has 0 saturated carbocycles. The van der Waals surface area contributed by atoms with Crippen molar-refractivity contribution in [2.24, 2.45) is 5.92 Å². The lowest BCUT2D eigenvalue weighted by molar-refractivity contribution is 0.583. The van der Waals surface area contributed by atoms with E-state index in [4.69, 9.17) is 11.6 Å². The van der Waals surface area contributed by atoms with E-state index in [-0.39, 0.29) is 28.3 Å². The van der Waals surface area contributed by atoms with Gasteiger partial charge < -0.3 is 10.6 Å². The Kier molecular flexibility index (Phi) is 7.93. The van der Waals surface area contributed by atoms with Crippen molar-refractivity contribution in [2.45, 2.75) is 19.9 Å². The molecule has 0 fully saturated rings. The Morgan fingerprint density at radius 1 is 1.27 bits per heavy atom. The number of nitrogens with one attached hydrogen (secondary N) is 2. The molecule has 0 bridgehead atoms. The van der Waals surface area contributed by atoms with E-state index in [9.17, 15) is 9.18 Å². The van der Waals surface area contributed by atoms with Crippen LogP contribution in [0.15, 0.2) is 71.1 Å². The number of allylic oxidation sites excluding steroid dienone is 4. The number of hydrogen-bond donors (Lipinski definition) is 2. The highest BCUT2D eigenvalue weighted by atomic mass is 35.5. The average Bonchev–Trinajstić information content (AvgIpc) is 2.89. The molecule has 1 aliphatic carbocycles. The maximum Gasteiger partial charge on any atom is 0.294 e. The highest BCUT2D eigenvalue weighted by molar-refractivity contribution is 6.29. The van der Waals surface area contributed by atoms with Gasteiger partial charge in [0.2, 0.25) is 0 Å². The van der Waals surface area contributed by atoms with Crippen molar-refractivity contribution in [3.8, 4) is 0 Å². The highest BCUT2D eigenvalue weighted by Crippen LogP contribution is 2.18. The van der Waals surface area contributed by atoms with E-state index in [1.807, 2.05) is 37.3 Å². The normalized spacial score (nSPS) is 16.0. The summed E-state index contributed by atoms with van der Waals surface area (Å²) >= 11 is 6.17. The summed E-state index contributed by atoms with van der Waals surface area (Å²) in [5.41, 5.74) is 1.23. The maximum absolute atomic E-state index is 14.1.